The first-order chi connectivity index (χ1) is 15.0. The van der Waals surface area contributed by atoms with Crippen LogP contribution in [0.4, 0.5) is 4.79 Å². The van der Waals surface area contributed by atoms with Crippen LogP contribution in [0.3, 0.4) is 0 Å². The number of carbonyl (C=O) groups is 2. The lowest BCUT2D eigenvalue weighted by Gasteiger charge is -2.14. The van der Waals surface area contributed by atoms with Crippen molar-refractivity contribution in [2.45, 2.75) is 19.8 Å². The molecule has 0 aliphatic heterocycles. The lowest BCUT2D eigenvalue weighted by molar-refractivity contribution is 0.101. The monoisotopic (exact) mass is 409 g/mol. The van der Waals surface area contributed by atoms with Crippen molar-refractivity contribution in [3.63, 3.8) is 0 Å². The summed E-state index contributed by atoms with van der Waals surface area (Å²) in [6.45, 7) is 3.91. The van der Waals surface area contributed by atoms with Gasteiger partial charge in [0.1, 0.15) is 6.61 Å². The van der Waals surface area contributed by atoms with E-state index in [0.717, 1.165) is 11.1 Å². The molecule has 0 unspecified atom stereocenters. The summed E-state index contributed by atoms with van der Waals surface area (Å²) in [4.78, 5) is 23.6. The number of hydrogen-bond acceptors (Lipinski definition) is 3. The number of aryl methyl sites for hydroxylation is 1. The van der Waals surface area contributed by atoms with Crippen molar-refractivity contribution < 1.29 is 14.3 Å². The molecule has 0 radical (unpaired) electrons. The van der Waals surface area contributed by atoms with Crippen LogP contribution in [0.15, 0.2) is 66.7 Å². The van der Waals surface area contributed by atoms with Crippen LogP contribution < -0.4 is 5.32 Å². The van der Waals surface area contributed by atoms with E-state index in [0.29, 0.717) is 5.56 Å². The second-order valence-corrected chi connectivity index (χ2v) is 7.57. The largest absolute Gasteiger partial charge is 0.449 e. The van der Waals surface area contributed by atoms with Crippen molar-refractivity contribution in [1.82, 2.24) is 5.32 Å². The average molecular weight is 409 g/mol. The number of carbonyl (C=O) groups excluding carboxylic acids is 2. The average Bonchev–Trinajstić information content (AvgIpc) is 3.10. The smallest absolute Gasteiger partial charge is 0.407 e. The third-order valence-corrected chi connectivity index (χ3v) is 5.52. The Kier molecular flexibility index (Phi) is 5.86. The highest BCUT2D eigenvalue weighted by atomic mass is 16.5. The Hall–Kier alpha value is -3.84. The van der Waals surface area contributed by atoms with Gasteiger partial charge in [0, 0.05) is 17.0 Å². The molecule has 0 fully saturated rings. The van der Waals surface area contributed by atoms with E-state index in [9.17, 15) is 9.59 Å². The fraction of sp³-hybridized carbons (Fsp3) is 0.185. The third kappa shape index (κ3) is 4.36. The van der Waals surface area contributed by atoms with E-state index in [2.05, 4.69) is 41.4 Å². The Balaban J connectivity index is 1.34. The van der Waals surface area contributed by atoms with Crippen molar-refractivity contribution in [3.05, 3.63) is 94.5 Å². The van der Waals surface area contributed by atoms with E-state index in [4.69, 9.17) is 4.74 Å². The molecule has 0 heterocycles. The van der Waals surface area contributed by atoms with Gasteiger partial charge in [-0.05, 0) is 53.8 Å². The summed E-state index contributed by atoms with van der Waals surface area (Å²) in [6, 6.07) is 21.9. The molecule has 31 heavy (non-hydrogen) atoms. The predicted octanol–water partition coefficient (Wildman–Crippen LogP) is 5.09. The van der Waals surface area contributed by atoms with E-state index < -0.39 is 6.09 Å². The molecule has 3 aromatic carbocycles. The first-order valence-corrected chi connectivity index (χ1v) is 10.2. The summed E-state index contributed by atoms with van der Waals surface area (Å²) in [5.41, 5.74) is 7.19. The van der Waals surface area contributed by atoms with Crippen molar-refractivity contribution in [2.24, 2.45) is 0 Å². The van der Waals surface area contributed by atoms with Crippen LogP contribution in [0.2, 0.25) is 0 Å². The summed E-state index contributed by atoms with van der Waals surface area (Å²) in [5.74, 6) is 6.02. The number of ketones is 1. The van der Waals surface area contributed by atoms with E-state index >= 15 is 0 Å². The molecular weight excluding hydrogens is 386 g/mol. The standard InChI is InChI=1S/C27H23NO3/c1-18-16-21(19(2)29)14-13-20(18)8-7-15-28-27(30)31-17-26-24-11-5-3-9-22(24)23-10-4-6-12-25(23)26/h3-6,9-14,16,26H,15,17H2,1-2H3,(H,28,30). The van der Waals surface area contributed by atoms with Gasteiger partial charge in [-0.3, -0.25) is 4.79 Å². The van der Waals surface area contributed by atoms with Gasteiger partial charge in [-0.15, -0.1) is 0 Å². The van der Waals surface area contributed by atoms with Gasteiger partial charge in [0.2, 0.25) is 0 Å². The maximum absolute atomic E-state index is 12.2. The van der Waals surface area contributed by atoms with Crippen molar-refractivity contribution in [3.8, 4) is 23.0 Å². The minimum atomic E-state index is -0.486. The van der Waals surface area contributed by atoms with Gasteiger partial charge in [0.05, 0.1) is 6.54 Å². The quantitative estimate of drug-likeness (QED) is 0.482. The Morgan fingerprint density at radius 2 is 1.61 bits per heavy atom. The third-order valence-electron chi connectivity index (χ3n) is 5.52. The zero-order valence-electron chi connectivity index (χ0n) is 17.6. The lowest BCUT2D eigenvalue weighted by Crippen LogP contribution is -2.26. The molecule has 1 aliphatic carbocycles. The van der Waals surface area contributed by atoms with Gasteiger partial charge in [-0.25, -0.2) is 4.79 Å². The Labute approximate surface area is 182 Å². The molecule has 1 aliphatic rings. The molecule has 1 amide bonds. The Morgan fingerprint density at radius 3 is 2.23 bits per heavy atom. The van der Waals surface area contributed by atoms with Crippen molar-refractivity contribution in [2.75, 3.05) is 13.2 Å². The maximum atomic E-state index is 12.2. The SMILES string of the molecule is CC(=O)c1ccc(C#CCNC(=O)OCC2c3ccccc3-c3ccccc32)c(C)c1. The summed E-state index contributed by atoms with van der Waals surface area (Å²) in [6.07, 6.45) is -0.486. The number of benzene rings is 3. The molecule has 154 valence electrons. The molecule has 4 nitrogen and oxygen atoms in total. The molecule has 4 rings (SSSR count). The van der Waals surface area contributed by atoms with Crippen LogP contribution in [-0.4, -0.2) is 25.0 Å². The number of alkyl carbamates (subject to hydrolysis) is 1. The van der Waals surface area contributed by atoms with Crippen LogP contribution >= 0.6 is 0 Å². The number of Topliss-reactive ketones (excluding diaryl/α,β-unsaturated/α-hetero) is 1. The van der Waals surface area contributed by atoms with Crippen LogP contribution in [0.5, 0.6) is 0 Å². The van der Waals surface area contributed by atoms with Gasteiger partial charge in [-0.1, -0.05) is 66.4 Å². The van der Waals surface area contributed by atoms with Gasteiger partial charge >= 0.3 is 6.09 Å². The molecular formula is C27H23NO3. The molecule has 0 aromatic heterocycles. The number of rotatable bonds is 4. The van der Waals surface area contributed by atoms with Crippen LogP contribution in [0.25, 0.3) is 11.1 Å². The first kappa shape index (κ1) is 20.4. The van der Waals surface area contributed by atoms with E-state index in [-0.39, 0.29) is 24.9 Å². The number of hydrogen-bond donors (Lipinski definition) is 1. The minimum Gasteiger partial charge on any atom is -0.449 e. The molecule has 0 spiro atoms. The van der Waals surface area contributed by atoms with E-state index in [1.54, 1.807) is 13.0 Å². The lowest BCUT2D eigenvalue weighted by atomic mass is 9.98. The molecule has 1 N–H and O–H groups in total. The number of nitrogens with one attached hydrogen (secondary N) is 1. The molecule has 0 bridgehead atoms. The summed E-state index contributed by atoms with van der Waals surface area (Å²) >= 11 is 0. The molecule has 0 saturated carbocycles. The maximum Gasteiger partial charge on any atom is 0.407 e. The second kappa shape index (κ2) is 8.89. The number of amides is 1. The van der Waals surface area contributed by atoms with Crippen LogP contribution in [0, 0.1) is 18.8 Å². The van der Waals surface area contributed by atoms with E-state index in [1.807, 2.05) is 43.3 Å². The zero-order chi connectivity index (χ0) is 21.8. The van der Waals surface area contributed by atoms with Gasteiger partial charge in [0.15, 0.2) is 5.78 Å². The zero-order valence-corrected chi connectivity index (χ0v) is 17.6. The Bertz CT molecular complexity index is 1170. The van der Waals surface area contributed by atoms with Gasteiger partial charge in [-0.2, -0.15) is 0 Å². The normalized spacial score (nSPS) is 11.7. The predicted molar refractivity (Wildman–Crippen MR) is 121 cm³/mol. The molecule has 0 atom stereocenters. The summed E-state index contributed by atoms with van der Waals surface area (Å²) in [7, 11) is 0. The second-order valence-electron chi connectivity index (χ2n) is 7.57. The minimum absolute atomic E-state index is 0.0273. The summed E-state index contributed by atoms with van der Waals surface area (Å²) < 4.78 is 5.50. The number of ether oxygens (including phenoxy) is 1. The van der Waals surface area contributed by atoms with Crippen molar-refractivity contribution in [1.29, 1.82) is 0 Å². The fourth-order valence-corrected chi connectivity index (χ4v) is 3.93. The van der Waals surface area contributed by atoms with Gasteiger partial charge in [0.25, 0.3) is 0 Å². The highest BCUT2D eigenvalue weighted by Gasteiger charge is 2.28. The first-order valence-electron chi connectivity index (χ1n) is 10.2. The molecule has 0 saturated heterocycles. The number of fused-ring (bicyclic) bond motifs is 3. The topological polar surface area (TPSA) is 55.4 Å². The summed E-state index contributed by atoms with van der Waals surface area (Å²) in [5, 5.41) is 2.68. The van der Waals surface area contributed by atoms with Crippen LogP contribution in [-0.2, 0) is 4.74 Å². The van der Waals surface area contributed by atoms with E-state index in [1.165, 1.54) is 22.3 Å². The van der Waals surface area contributed by atoms with Gasteiger partial charge < -0.3 is 10.1 Å². The fourth-order valence-electron chi connectivity index (χ4n) is 3.93. The molecule has 3 aromatic rings. The Morgan fingerprint density at radius 1 is 0.968 bits per heavy atom. The molecule has 4 heteroatoms. The van der Waals surface area contributed by atoms with Crippen molar-refractivity contribution >= 4 is 11.9 Å². The van der Waals surface area contributed by atoms with Crippen LogP contribution in [0.1, 0.15) is 45.5 Å². The highest BCUT2D eigenvalue weighted by Crippen LogP contribution is 2.44. The highest BCUT2D eigenvalue weighted by molar-refractivity contribution is 5.94.